The Hall–Kier alpha value is -2.62. The normalized spacial score (nSPS) is 15.1. The van der Waals surface area contributed by atoms with Crippen LogP contribution in [0.5, 0.6) is 11.5 Å². The largest absolute Gasteiger partial charge is 0.497 e. The molecular weight excluding hydrogens is 446 g/mol. The van der Waals surface area contributed by atoms with Crippen molar-refractivity contribution in [2.75, 3.05) is 45.3 Å². The molecule has 1 aliphatic heterocycles. The van der Waals surface area contributed by atoms with Crippen LogP contribution in [0, 0.1) is 13.8 Å². The van der Waals surface area contributed by atoms with Crippen molar-refractivity contribution >= 4 is 26.5 Å². The average Bonchev–Trinajstić information content (AvgIpc) is 3.30. The molecule has 0 bridgehead atoms. The van der Waals surface area contributed by atoms with Gasteiger partial charge in [-0.15, -0.1) is 11.3 Å². The minimum absolute atomic E-state index is 0.153. The summed E-state index contributed by atoms with van der Waals surface area (Å²) in [6.45, 7) is 6.14. The second-order valence-electron chi connectivity index (χ2n) is 7.67. The third-order valence-electron chi connectivity index (χ3n) is 5.87. The van der Waals surface area contributed by atoms with E-state index in [1.807, 2.05) is 6.07 Å². The van der Waals surface area contributed by atoms with Gasteiger partial charge in [-0.3, -0.25) is 0 Å². The Balaban J connectivity index is 1.49. The predicted molar refractivity (Wildman–Crippen MR) is 128 cm³/mol. The number of thiazole rings is 1. The fourth-order valence-electron chi connectivity index (χ4n) is 3.81. The second-order valence-corrected chi connectivity index (χ2v) is 10.4. The van der Waals surface area contributed by atoms with Crippen LogP contribution in [0.1, 0.15) is 11.1 Å². The Morgan fingerprint density at radius 1 is 1.00 bits per heavy atom. The van der Waals surface area contributed by atoms with E-state index in [2.05, 4.69) is 36.3 Å². The predicted octanol–water partition coefficient (Wildman–Crippen LogP) is 3.96. The summed E-state index contributed by atoms with van der Waals surface area (Å²) in [5.41, 5.74) is 4.57. The molecule has 0 atom stereocenters. The number of aromatic nitrogens is 1. The monoisotopic (exact) mass is 473 g/mol. The van der Waals surface area contributed by atoms with Gasteiger partial charge in [0, 0.05) is 43.2 Å². The molecule has 0 saturated carbocycles. The number of sulfonamides is 1. The number of rotatable bonds is 6. The molecule has 1 saturated heterocycles. The maximum absolute atomic E-state index is 13.2. The minimum atomic E-state index is -3.67. The first-order valence-electron chi connectivity index (χ1n) is 10.3. The maximum atomic E-state index is 13.2. The molecule has 2 heterocycles. The van der Waals surface area contributed by atoms with E-state index in [4.69, 9.17) is 14.5 Å². The fraction of sp³-hybridized carbons (Fsp3) is 0.348. The van der Waals surface area contributed by atoms with Gasteiger partial charge in [-0.25, -0.2) is 13.4 Å². The Morgan fingerprint density at radius 3 is 2.44 bits per heavy atom. The summed E-state index contributed by atoms with van der Waals surface area (Å²) in [7, 11) is -0.680. The highest BCUT2D eigenvalue weighted by Crippen LogP contribution is 2.33. The summed E-state index contributed by atoms with van der Waals surface area (Å²) in [6, 6.07) is 11.0. The average molecular weight is 474 g/mol. The molecule has 0 unspecified atom stereocenters. The van der Waals surface area contributed by atoms with Gasteiger partial charge in [0.1, 0.15) is 16.4 Å². The van der Waals surface area contributed by atoms with E-state index >= 15 is 0 Å². The lowest BCUT2D eigenvalue weighted by atomic mass is 10.0. The van der Waals surface area contributed by atoms with Gasteiger partial charge in [0.2, 0.25) is 10.0 Å². The van der Waals surface area contributed by atoms with Crippen LogP contribution in [-0.4, -0.2) is 58.1 Å². The molecule has 1 fully saturated rings. The lowest BCUT2D eigenvalue weighted by molar-refractivity contribution is 0.370. The van der Waals surface area contributed by atoms with Gasteiger partial charge >= 0.3 is 0 Å². The number of hydrogen-bond acceptors (Lipinski definition) is 7. The van der Waals surface area contributed by atoms with Gasteiger partial charge in [-0.2, -0.15) is 4.31 Å². The third-order valence-corrected chi connectivity index (χ3v) is 8.71. The van der Waals surface area contributed by atoms with Crippen molar-refractivity contribution in [1.29, 1.82) is 0 Å². The van der Waals surface area contributed by atoms with Crippen LogP contribution in [0.15, 0.2) is 46.7 Å². The minimum Gasteiger partial charge on any atom is -0.497 e. The van der Waals surface area contributed by atoms with Crippen molar-refractivity contribution in [3.8, 4) is 22.8 Å². The molecule has 32 heavy (non-hydrogen) atoms. The first-order valence-corrected chi connectivity index (χ1v) is 12.7. The van der Waals surface area contributed by atoms with Gasteiger partial charge < -0.3 is 14.4 Å². The number of piperazine rings is 1. The van der Waals surface area contributed by atoms with Crippen LogP contribution in [0.2, 0.25) is 0 Å². The zero-order chi connectivity index (χ0) is 22.9. The number of hydrogen-bond donors (Lipinski definition) is 0. The van der Waals surface area contributed by atoms with E-state index in [-0.39, 0.29) is 10.6 Å². The van der Waals surface area contributed by atoms with Crippen molar-refractivity contribution in [2.24, 2.45) is 0 Å². The SMILES string of the molecule is COc1ccc(S(=O)(=O)N2CCN(c3nc(-c4cccc(C)c4C)cs3)CC2)c(OC)c1. The molecule has 0 N–H and O–H groups in total. The van der Waals surface area contributed by atoms with E-state index < -0.39 is 10.0 Å². The first kappa shape index (κ1) is 22.6. The summed E-state index contributed by atoms with van der Waals surface area (Å²) in [4.78, 5) is 7.14. The Bertz CT molecular complexity index is 1220. The molecule has 1 aromatic heterocycles. The molecule has 2 aromatic carbocycles. The van der Waals surface area contributed by atoms with Crippen LogP contribution in [0.3, 0.4) is 0 Å². The lowest BCUT2D eigenvalue weighted by Crippen LogP contribution is -2.48. The molecule has 9 heteroatoms. The number of anilines is 1. The number of nitrogens with zero attached hydrogens (tertiary/aromatic N) is 3. The molecule has 0 amide bonds. The van der Waals surface area contributed by atoms with Crippen molar-refractivity contribution in [2.45, 2.75) is 18.7 Å². The smallest absolute Gasteiger partial charge is 0.246 e. The van der Waals surface area contributed by atoms with E-state index in [1.54, 1.807) is 23.5 Å². The lowest BCUT2D eigenvalue weighted by Gasteiger charge is -2.34. The van der Waals surface area contributed by atoms with E-state index in [0.29, 0.717) is 31.9 Å². The summed E-state index contributed by atoms with van der Waals surface area (Å²) in [5.74, 6) is 0.832. The third kappa shape index (κ3) is 4.20. The molecule has 0 radical (unpaired) electrons. The fourth-order valence-corrected chi connectivity index (χ4v) is 6.25. The van der Waals surface area contributed by atoms with Crippen LogP contribution in [0.25, 0.3) is 11.3 Å². The highest BCUT2D eigenvalue weighted by atomic mass is 32.2. The summed E-state index contributed by atoms with van der Waals surface area (Å²) >= 11 is 1.59. The van der Waals surface area contributed by atoms with Gasteiger partial charge in [-0.05, 0) is 37.1 Å². The number of ether oxygens (including phenoxy) is 2. The zero-order valence-corrected chi connectivity index (χ0v) is 20.3. The van der Waals surface area contributed by atoms with Gasteiger partial charge in [0.25, 0.3) is 0 Å². The first-order chi connectivity index (χ1) is 15.3. The Morgan fingerprint density at radius 2 is 1.75 bits per heavy atom. The van der Waals surface area contributed by atoms with Crippen LogP contribution in [0.4, 0.5) is 5.13 Å². The van der Waals surface area contributed by atoms with E-state index in [0.717, 1.165) is 16.4 Å². The van der Waals surface area contributed by atoms with E-state index in [9.17, 15) is 8.42 Å². The molecule has 0 aliphatic carbocycles. The molecule has 7 nitrogen and oxygen atoms in total. The van der Waals surface area contributed by atoms with Crippen LogP contribution < -0.4 is 14.4 Å². The van der Waals surface area contributed by atoms with Gasteiger partial charge in [0.05, 0.1) is 19.9 Å². The summed E-state index contributed by atoms with van der Waals surface area (Å²) < 4.78 is 38.5. The van der Waals surface area contributed by atoms with E-state index in [1.165, 1.54) is 35.7 Å². The number of aryl methyl sites for hydroxylation is 1. The number of methoxy groups -OCH3 is 2. The highest BCUT2D eigenvalue weighted by Gasteiger charge is 2.31. The van der Waals surface area contributed by atoms with Crippen LogP contribution in [-0.2, 0) is 10.0 Å². The number of benzene rings is 2. The molecular formula is C23H27N3O4S2. The molecule has 170 valence electrons. The van der Waals surface area contributed by atoms with Crippen molar-refractivity contribution in [1.82, 2.24) is 9.29 Å². The highest BCUT2D eigenvalue weighted by molar-refractivity contribution is 7.89. The molecule has 3 aromatic rings. The second kappa shape index (κ2) is 9.09. The zero-order valence-electron chi connectivity index (χ0n) is 18.7. The quantitative estimate of drug-likeness (QED) is 0.540. The maximum Gasteiger partial charge on any atom is 0.246 e. The Labute approximate surface area is 193 Å². The van der Waals surface area contributed by atoms with Crippen molar-refractivity contribution < 1.29 is 17.9 Å². The van der Waals surface area contributed by atoms with Crippen molar-refractivity contribution in [3.05, 3.63) is 52.9 Å². The van der Waals surface area contributed by atoms with Crippen LogP contribution >= 0.6 is 11.3 Å². The van der Waals surface area contributed by atoms with Gasteiger partial charge in [-0.1, -0.05) is 18.2 Å². The molecule has 0 spiro atoms. The van der Waals surface area contributed by atoms with Crippen molar-refractivity contribution in [3.63, 3.8) is 0 Å². The topological polar surface area (TPSA) is 72.0 Å². The summed E-state index contributed by atoms with van der Waals surface area (Å²) in [5, 5.41) is 2.99. The summed E-state index contributed by atoms with van der Waals surface area (Å²) in [6.07, 6.45) is 0. The standard InChI is InChI=1S/C23H27N3O4S2/c1-16-6-5-7-19(17(16)2)20-15-31-23(24-20)25-10-12-26(13-11-25)32(27,28)22-9-8-18(29-3)14-21(22)30-4/h5-9,14-15H,10-13H2,1-4H3. The van der Waals surface area contributed by atoms with Gasteiger partial charge in [0.15, 0.2) is 5.13 Å². The molecule has 1 aliphatic rings. The molecule has 4 rings (SSSR count). The Kier molecular flexibility index (Phi) is 6.41.